The summed E-state index contributed by atoms with van der Waals surface area (Å²) in [6.45, 7) is 1.91. The third-order valence-corrected chi connectivity index (χ3v) is 3.67. The van der Waals surface area contributed by atoms with E-state index in [-0.39, 0.29) is 13.0 Å². The first kappa shape index (κ1) is 13.7. The predicted molar refractivity (Wildman–Crippen MR) is 69.6 cm³/mol. The molecule has 1 aliphatic rings. The molecule has 102 valence electrons. The number of aryl methyl sites for hydroxylation is 1. The highest BCUT2D eigenvalue weighted by Gasteiger charge is 2.37. The maximum absolute atomic E-state index is 11.9. The molecule has 7 heteroatoms. The molecule has 1 saturated heterocycles. The number of aliphatic hydroxyl groups excluding tert-OH is 1. The number of rotatable bonds is 3. The van der Waals surface area contributed by atoms with Gasteiger partial charge in [0.25, 0.3) is 0 Å². The fraction of sp³-hybridized carbons (Fsp3) is 0.417. The topological polar surface area (TPSA) is 90.7 Å². The number of carboxylic acids is 1. The third kappa shape index (κ3) is 3.18. The molecule has 2 heterocycles. The fourth-order valence-electron chi connectivity index (χ4n) is 2.00. The lowest BCUT2D eigenvalue weighted by Gasteiger charge is -2.18. The molecule has 1 aromatic rings. The second-order valence-corrected chi connectivity index (χ2v) is 5.42. The van der Waals surface area contributed by atoms with Crippen molar-refractivity contribution in [1.82, 2.24) is 9.88 Å². The summed E-state index contributed by atoms with van der Waals surface area (Å²) in [6, 6.07) is -0.954. The number of aliphatic carboxylic acids is 1. The number of hydrogen-bond acceptors (Lipinski definition) is 5. The molecule has 2 rings (SSSR count). The minimum absolute atomic E-state index is 0.0518. The molecule has 0 radical (unpaired) electrons. The molecule has 1 fully saturated rings. The summed E-state index contributed by atoms with van der Waals surface area (Å²) in [4.78, 5) is 28.3. The molecule has 1 aromatic heterocycles. The number of amides is 1. The Morgan fingerprint density at radius 1 is 1.58 bits per heavy atom. The fourth-order valence-corrected chi connectivity index (χ4v) is 2.58. The molecule has 0 aliphatic carbocycles. The van der Waals surface area contributed by atoms with E-state index in [4.69, 9.17) is 5.11 Å². The van der Waals surface area contributed by atoms with Gasteiger partial charge in [-0.15, -0.1) is 11.3 Å². The van der Waals surface area contributed by atoms with Gasteiger partial charge >= 0.3 is 5.97 Å². The zero-order valence-electron chi connectivity index (χ0n) is 10.3. The summed E-state index contributed by atoms with van der Waals surface area (Å²) in [6.07, 6.45) is 2.14. The van der Waals surface area contributed by atoms with E-state index in [2.05, 4.69) is 4.98 Å². The molecule has 0 saturated carbocycles. The summed E-state index contributed by atoms with van der Waals surface area (Å²) in [5, 5.41) is 21.2. The van der Waals surface area contributed by atoms with E-state index in [1.807, 2.05) is 12.3 Å². The van der Waals surface area contributed by atoms with Crippen LogP contribution in [0.25, 0.3) is 6.08 Å². The minimum atomic E-state index is -1.09. The lowest BCUT2D eigenvalue weighted by Crippen LogP contribution is -2.39. The first-order valence-electron chi connectivity index (χ1n) is 5.79. The summed E-state index contributed by atoms with van der Waals surface area (Å²) in [5.74, 6) is -1.52. The molecule has 19 heavy (non-hydrogen) atoms. The van der Waals surface area contributed by atoms with Gasteiger partial charge in [-0.1, -0.05) is 0 Å². The number of aromatic nitrogens is 1. The zero-order chi connectivity index (χ0) is 14.0. The summed E-state index contributed by atoms with van der Waals surface area (Å²) in [5.41, 5.74) is 0.669. The molecule has 1 unspecified atom stereocenters. The van der Waals surface area contributed by atoms with Gasteiger partial charge in [-0.05, 0) is 13.0 Å². The van der Waals surface area contributed by atoms with Crippen molar-refractivity contribution >= 4 is 29.3 Å². The van der Waals surface area contributed by atoms with Gasteiger partial charge in [-0.3, -0.25) is 4.79 Å². The van der Waals surface area contributed by atoms with Gasteiger partial charge in [-0.2, -0.15) is 0 Å². The van der Waals surface area contributed by atoms with Crippen molar-refractivity contribution in [1.29, 1.82) is 0 Å². The SMILES string of the molecule is Cc1nc(/C=C/C(=O)N2CC(O)C[C@H]2C(=O)O)cs1. The van der Waals surface area contributed by atoms with E-state index in [0.29, 0.717) is 5.69 Å². The summed E-state index contributed by atoms with van der Waals surface area (Å²) >= 11 is 1.47. The molecule has 0 aromatic carbocycles. The highest BCUT2D eigenvalue weighted by Crippen LogP contribution is 2.19. The van der Waals surface area contributed by atoms with Crippen LogP contribution in [-0.4, -0.2) is 50.7 Å². The largest absolute Gasteiger partial charge is 0.480 e. The van der Waals surface area contributed by atoms with Gasteiger partial charge in [0, 0.05) is 24.4 Å². The monoisotopic (exact) mass is 282 g/mol. The van der Waals surface area contributed by atoms with Crippen molar-refractivity contribution in [3.8, 4) is 0 Å². The van der Waals surface area contributed by atoms with E-state index >= 15 is 0 Å². The average molecular weight is 282 g/mol. The Morgan fingerprint density at radius 2 is 2.32 bits per heavy atom. The zero-order valence-corrected chi connectivity index (χ0v) is 11.1. The minimum Gasteiger partial charge on any atom is -0.480 e. The normalized spacial score (nSPS) is 23.2. The van der Waals surface area contributed by atoms with E-state index in [1.165, 1.54) is 22.3 Å². The standard InChI is InChI=1S/C12H14N2O4S/c1-7-13-8(6-19-7)2-3-11(16)14-5-9(15)4-10(14)12(17)18/h2-3,6,9-10,15H,4-5H2,1H3,(H,17,18)/b3-2+/t9?,10-/m0/s1. The molecular formula is C12H14N2O4S. The Bertz CT molecular complexity index is 526. The quantitative estimate of drug-likeness (QED) is 0.788. The highest BCUT2D eigenvalue weighted by atomic mass is 32.1. The first-order chi connectivity index (χ1) is 8.97. The molecule has 0 spiro atoms. The molecule has 6 nitrogen and oxygen atoms in total. The number of β-amino-alcohol motifs (C(OH)–C–C–N with tert-alkyl or cyclic N) is 1. The molecule has 0 bridgehead atoms. The molecular weight excluding hydrogens is 268 g/mol. The maximum atomic E-state index is 11.9. The first-order valence-corrected chi connectivity index (χ1v) is 6.67. The molecule has 2 N–H and O–H groups in total. The van der Waals surface area contributed by atoms with Crippen LogP contribution in [0.5, 0.6) is 0 Å². The second kappa shape index (κ2) is 5.50. The van der Waals surface area contributed by atoms with Crippen LogP contribution in [0.15, 0.2) is 11.5 Å². The van der Waals surface area contributed by atoms with Crippen LogP contribution >= 0.6 is 11.3 Å². The predicted octanol–water partition coefficient (Wildman–Crippen LogP) is 0.511. The van der Waals surface area contributed by atoms with Crippen LogP contribution in [-0.2, 0) is 9.59 Å². The van der Waals surface area contributed by atoms with E-state index in [0.717, 1.165) is 5.01 Å². The van der Waals surface area contributed by atoms with Crippen LogP contribution in [0.3, 0.4) is 0 Å². The van der Waals surface area contributed by atoms with Crippen molar-refractivity contribution in [2.75, 3.05) is 6.54 Å². The lowest BCUT2D eigenvalue weighted by atomic mass is 10.2. The number of nitrogens with zero attached hydrogens (tertiary/aromatic N) is 2. The van der Waals surface area contributed by atoms with Crippen LogP contribution in [0.1, 0.15) is 17.1 Å². The number of hydrogen-bond donors (Lipinski definition) is 2. The van der Waals surface area contributed by atoms with Gasteiger partial charge in [0.1, 0.15) is 6.04 Å². The Balaban J connectivity index is 2.06. The summed E-state index contributed by atoms with van der Waals surface area (Å²) < 4.78 is 0. The van der Waals surface area contributed by atoms with Gasteiger partial charge in [-0.25, -0.2) is 9.78 Å². The van der Waals surface area contributed by atoms with Crippen LogP contribution < -0.4 is 0 Å². The van der Waals surface area contributed by atoms with E-state index in [1.54, 1.807) is 6.08 Å². The molecule has 1 amide bonds. The lowest BCUT2D eigenvalue weighted by molar-refractivity contribution is -0.146. The van der Waals surface area contributed by atoms with Gasteiger partial charge in [0.2, 0.25) is 5.91 Å². The third-order valence-electron chi connectivity index (χ3n) is 2.88. The Kier molecular flexibility index (Phi) is 3.96. The van der Waals surface area contributed by atoms with Gasteiger partial charge < -0.3 is 15.1 Å². The van der Waals surface area contributed by atoms with Crippen molar-refractivity contribution in [2.24, 2.45) is 0 Å². The van der Waals surface area contributed by atoms with E-state index < -0.39 is 24.0 Å². The Labute approximate surface area is 114 Å². The highest BCUT2D eigenvalue weighted by molar-refractivity contribution is 7.09. The number of thiazole rings is 1. The van der Waals surface area contributed by atoms with Crippen LogP contribution in [0.2, 0.25) is 0 Å². The van der Waals surface area contributed by atoms with E-state index in [9.17, 15) is 14.7 Å². The smallest absolute Gasteiger partial charge is 0.326 e. The number of carbonyl (C=O) groups is 2. The number of carboxylic acid groups (broad SMARTS) is 1. The number of likely N-dealkylation sites (tertiary alicyclic amines) is 1. The van der Waals surface area contributed by atoms with Crippen LogP contribution in [0, 0.1) is 6.92 Å². The molecule has 2 atom stereocenters. The van der Waals surface area contributed by atoms with Crippen molar-refractivity contribution in [2.45, 2.75) is 25.5 Å². The molecule has 1 aliphatic heterocycles. The Hall–Kier alpha value is -1.73. The van der Waals surface area contributed by atoms with Gasteiger partial charge in [0.05, 0.1) is 16.8 Å². The average Bonchev–Trinajstić information content (AvgIpc) is 2.92. The van der Waals surface area contributed by atoms with Crippen LogP contribution in [0.4, 0.5) is 0 Å². The maximum Gasteiger partial charge on any atom is 0.326 e. The summed E-state index contributed by atoms with van der Waals surface area (Å²) in [7, 11) is 0. The van der Waals surface area contributed by atoms with Crippen molar-refractivity contribution < 1.29 is 19.8 Å². The second-order valence-electron chi connectivity index (χ2n) is 4.36. The van der Waals surface area contributed by atoms with Crippen molar-refractivity contribution in [3.05, 3.63) is 22.2 Å². The number of carbonyl (C=O) groups excluding carboxylic acids is 1. The van der Waals surface area contributed by atoms with Gasteiger partial charge in [0.15, 0.2) is 0 Å². The Morgan fingerprint density at radius 3 is 2.89 bits per heavy atom. The number of aliphatic hydroxyl groups is 1. The van der Waals surface area contributed by atoms with Crippen molar-refractivity contribution in [3.63, 3.8) is 0 Å².